The van der Waals surface area contributed by atoms with E-state index in [1.54, 1.807) is 31.5 Å². The van der Waals surface area contributed by atoms with E-state index in [4.69, 9.17) is 4.74 Å². The summed E-state index contributed by atoms with van der Waals surface area (Å²) >= 11 is 0. The number of ether oxygens (including phenoxy) is 1. The minimum Gasteiger partial charge on any atom is -0.496 e. The van der Waals surface area contributed by atoms with Gasteiger partial charge in [0.2, 0.25) is 0 Å². The summed E-state index contributed by atoms with van der Waals surface area (Å²) in [6, 6.07) is 13.9. The molecular formula is C24H31N3O2. The van der Waals surface area contributed by atoms with Gasteiger partial charge in [0.1, 0.15) is 5.75 Å². The minimum absolute atomic E-state index is 0.124. The van der Waals surface area contributed by atoms with E-state index in [0.29, 0.717) is 23.3 Å². The standard InChI is InChI=1S/C24H31N3O2/c1-16(2)27-21-12-11-18(13-20(21)17(3)14-24(27,4)5)15-25-26-23(28)19-9-7-8-10-22(19)29-6/h7-13,15-17H,14H2,1-6H3,(H,26,28)/b25-15+. The van der Waals surface area contributed by atoms with E-state index in [0.717, 1.165) is 12.0 Å². The van der Waals surface area contributed by atoms with E-state index in [-0.39, 0.29) is 11.4 Å². The van der Waals surface area contributed by atoms with Crippen molar-refractivity contribution >= 4 is 17.8 Å². The second kappa shape index (κ2) is 8.27. The molecule has 0 saturated carbocycles. The zero-order chi connectivity index (χ0) is 21.2. The smallest absolute Gasteiger partial charge is 0.275 e. The Labute approximate surface area is 173 Å². The van der Waals surface area contributed by atoms with Gasteiger partial charge in [-0.25, -0.2) is 5.43 Å². The van der Waals surface area contributed by atoms with Gasteiger partial charge in [0.15, 0.2) is 0 Å². The van der Waals surface area contributed by atoms with Crippen LogP contribution in [0.1, 0.15) is 68.4 Å². The maximum Gasteiger partial charge on any atom is 0.275 e. The quantitative estimate of drug-likeness (QED) is 0.577. The van der Waals surface area contributed by atoms with Gasteiger partial charge in [-0.05, 0) is 75.4 Å². The fourth-order valence-electron chi connectivity index (χ4n) is 4.59. The molecule has 1 atom stereocenters. The second-order valence-electron chi connectivity index (χ2n) is 8.60. The predicted octanol–water partition coefficient (Wildman–Crippen LogP) is 4.96. The number of anilines is 1. The van der Waals surface area contributed by atoms with Gasteiger partial charge in [-0.15, -0.1) is 0 Å². The van der Waals surface area contributed by atoms with Crippen molar-refractivity contribution in [2.45, 2.75) is 58.5 Å². The van der Waals surface area contributed by atoms with Crippen molar-refractivity contribution in [2.24, 2.45) is 5.10 Å². The molecule has 0 saturated heterocycles. The molecular weight excluding hydrogens is 362 g/mol. The average Bonchev–Trinajstić information content (AvgIpc) is 2.67. The Hall–Kier alpha value is -2.82. The number of hydrogen-bond acceptors (Lipinski definition) is 4. The van der Waals surface area contributed by atoms with Crippen LogP contribution in [0.5, 0.6) is 5.75 Å². The molecule has 0 fully saturated rings. The van der Waals surface area contributed by atoms with Crippen molar-refractivity contribution in [3.63, 3.8) is 0 Å². The number of amides is 1. The maximum atomic E-state index is 12.4. The first-order chi connectivity index (χ1) is 13.7. The maximum absolute atomic E-state index is 12.4. The Morgan fingerprint density at radius 3 is 2.69 bits per heavy atom. The number of methoxy groups -OCH3 is 1. The summed E-state index contributed by atoms with van der Waals surface area (Å²) in [6.45, 7) is 11.4. The lowest BCUT2D eigenvalue weighted by Gasteiger charge is -2.50. The Balaban J connectivity index is 1.80. The van der Waals surface area contributed by atoms with Crippen molar-refractivity contribution in [3.8, 4) is 5.75 Å². The molecule has 0 radical (unpaired) electrons. The van der Waals surface area contributed by atoms with Crippen molar-refractivity contribution < 1.29 is 9.53 Å². The van der Waals surface area contributed by atoms with Crippen LogP contribution in [-0.2, 0) is 0 Å². The molecule has 1 heterocycles. The van der Waals surface area contributed by atoms with Crippen LogP contribution in [0.15, 0.2) is 47.6 Å². The van der Waals surface area contributed by atoms with E-state index in [1.165, 1.54) is 11.3 Å². The molecule has 5 nitrogen and oxygen atoms in total. The first-order valence-electron chi connectivity index (χ1n) is 10.1. The highest BCUT2D eigenvalue weighted by molar-refractivity contribution is 5.97. The topological polar surface area (TPSA) is 53.9 Å². The molecule has 154 valence electrons. The number of hydrogen-bond donors (Lipinski definition) is 1. The third-order valence-corrected chi connectivity index (χ3v) is 5.55. The summed E-state index contributed by atoms with van der Waals surface area (Å²) in [5, 5.41) is 4.16. The van der Waals surface area contributed by atoms with Gasteiger partial charge in [0, 0.05) is 17.3 Å². The summed E-state index contributed by atoms with van der Waals surface area (Å²) in [6.07, 6.45) is 2.79. The van der Waals surface area contributed by atoms with E-state index < -0.39 is 0 Å². The van der Waals surface area contributed by atoms with Crippen molar-refractivity contribution in [1.29, 1.82) is 0 Å². The number of hydrazone groups is 1. The third-order valence-electron chi connectivity index (χ3n) is 5.55. The van der Waals surface area contributed by atoms with Crippen LogP contribution in [-0.4, -0.2) is 30.8 Å². The zero-order valence-corrected chi connectivity index (χ0v) is 18.2. The number of nitrogens with one attached hydrogen (secondary N) is 1. The van der Waals surface area contributed by atoms with E-state index >= 15 is 0 Å². The fourth-order valence-corrected chi connectivity index (χ4v) is 4.59. The van der Waals surface area contributed by atoms with Gasteiger partial charge in [-0.3, -0.25) is 4.79 Å². The van der Waals surface area contributed by atoms with E-state index in [1.807, 2.05) is 6.07 Å². The van der Waals surface area contributed by atoms with Crippen LogP contribution >= 0.6 is 0 Å². The van der Waals surface area contributed by atoms with Crippen LogP contribution in [0.4, 0.5) is 5.69 Å². The highest BCUT2D eigenvalue weighted by Crippen LogP contribution is 2.44. The first kappa shape index (κ1) is 20.9. The highest BCUT2D eigenvalue weighted by atomic mass is 16.5. The van der Waals surface area contributed by atoms with Gasteiger partial charge < -0.3 is 9.64 Å². The van der Waals surface area contributed by atoms with Gasteiger partial charge >= 0.3 is 0 Å². The van der Waals surface area contributed by atoms with Crippen LogP contribution in [0.25, 0.3) is 0 Å². The number of nitrogens with zero attached hydrogens (tertiary/aromatic N) is 2. The number of benzene rings is 2. The molecule has 3 rings (SSSR count). The van der Waals surface area contributed by atoms with Crippen molar-refractivity contribution in [2.75, 3.05) is 12.0 Å². The van der Waals surface area contributed by atoms with Crippen LogP contribution in [0.3, 0.4) is 0 Å². The van der Waals surface area contributed by atoms with Crippen molar-refractivity contribution in [3.05, 3.63) is 59.2 Å². The lowest BCUT2D eigenvalue weighted by atomic mass is 9.79. The molecule has 1 aliphatic rings. The molecule has 2 aromatic carbocycles. The molecule has 1 N–H and O–H groups in total. The summed E-state index contributed by atoms with van der Waals surface area (Å²) in [7, 11) is 1.55. The molecule has 0 aliphatic carbocycles. The number of rotatable bonds is 5. The summed E-state index contributed by atoms with van der Waals surface area (Å²) in [5.41, 5.74) is 6.77. The third kappa shape index (κ3) is 4.29. The Bertz CT molecular complexity index is 918. The fraction of sp³-hybridized carbons (Fsp3) is 0.417. The van der Waals surface area contributed by atoms with Gasteiger partial charge in [0.05, 0.1) is 18.9 Å². The van der Waals surface area contributed by atoms with Gasteiger partial charge in [-0.1, -0.05) is 25.1 Å². The monoisotopic (exact) mass is 393 g/mol. The molecule has 1 unspecified atom stereocenters. The lowest BCUT2D eigenvalue weighted by Crippen LogP contribution is -2.51. The molecule has 0 aromatic heterocycles. The van der Waals surface area contributed by atoms with Crippen molar-refractivity contribution in [1.82, 2.24) is 5.43 Å². The molecule has 5 heteroatoms. The van der Waals surface area contributed by atoms with E-state index in [9.17, 15) is 4.79 Å². The summed E-state index contributed by atoms with van der Waals surface area (Å²) < 4.78 is 5.23. The van der Waals surface area contributed by atoms with Crippen LogP contribution in [0, 0.1) is 0 Å². The lowest BCUT2D eigenvalue weighted by molar-refractivity contribution is 0.0952. The van der Waals surface area contributed by atoms with Crippen LogP contribution < -0.4 is 15.1 Å². The largest absolute Gasteiger partial charge is 0.496 e. The molecule has 1 aliphatic heterocycles. The summed E-state index contributed by atoms with van der Waals surface area (Å²) in [4.78, 5) is 14.9. The van der Waals surface area contributed by atoms with Crippen LogP contribution in [0.2, 0.25) is 0 Å². The Kier molecular flexibility index (Phi) is 5.96. The highest BCUT2D eigenvalue weighted by Gasteiger charge is 2.37. The molecule has 29 heavy (non-hydrogen) atoms. The second-order valence-corrected chi connectivity index (χ2v) is 8.60. The molecule has 0 bridgehead atoms. The molecule has 1 amide bonds. The number of para-hydroxylation sites is 1. The molecule has 0 spiro atoms. The zero-order valence-electron chi connectivity index (χ0n) is 18.2. The van der Waals surface area contributed by atoms with Gasteiger partial charge in [-0.2, -0.15) is 5.10 Å². The first-order valence-corrected chi connectivity index (χ1v) is 10.1. The number of carbonyl (C=O) groups excluding carboxylic acids is 1. The summed E-state index contributed by atoms with van der Waals surface area (Å²) in [5.74, 6) is 0.698. The normalized spacial score (nSPS) is 18.0. The minimum atomic E-state index is -0.294. The Morgan fingerprint density at radius 2 is 2.00 bits per heavy atom. The SMILES string of the molecule is COc1ccccc1C(=O)N/N=C/c1ccc2c(c1)C(C)CC(C)(C)N2C(C)C. The Morgan fingerprint density at radius 1 is 1.28 bits per heavy atom. The van der Waals surface area contributed by atoms with E-state index in [2.05, 4.69) is 68.2 Å². The predicted molar refractivity (Wildman–Crippen MR) is 119 cm³/mol. The number of carbonyl (C=O) groups is 1. The van der Waals surface area contributed by atoms with Gasteiger partial charge in [0.25, 0.3) is 5.91 Å². The number of fused-ring (bicyclic) bond motifs is 1. The average molecular weight is 394 g/mol. The molecule has 2 aromatic rings.